The maximum atomic E-state index is 13.1. The lowest BCUT2D eigenvalue weighted by molar-refractivity contribution is -0.123. The van der Waals surface area contributed by atoms with Crippen LogP contribution in [0.15, 0.2) is 65.8 Å². The van der Waals surface area contributed by atoms with E-state index in [-0.39, 0.29) is 12.4 Å². The number of hydrazone groups is 1. The van der Waals surface area contributed by atoms with E-state index >= 15 is 0 Å². The summed E-state index contributed by atoms with van der Waals surface area (Å²) in [6, 6.07) is 17.2. The standard InChI is InChI=1S/C21H19FN2O3/c1-14(17-10-11-20(26-2)19-9-4-3-8-18(17)19)23-24-21(25)13-27-16-7-5-6-15(22)12-16/h3-12H,13H2,1-2H3,(H,24,25)/b23-14-. The Kier molecular flexibility index (Phi) is 5.66. The first-order chi connectivity index (χ1) is 13.1. The first-order valence-corrected chi connectivity index (χ1v) is 8.36. The number of hydrogen-bond acceptors (Lipinski definition) is 4. The number of amides is 1. The van der Waals surface area contributed by atoms with Gasteiger partial charge in [-0.05, 0) is 36.6 Å². The number of halogens is 1. The Labute approximate surface area is 156 Å². The third kappa shape index (κ3) is 4.41. The zero-order chi connectivity index (χ0) is 19.2. The van der Waals surface area contributed by atoms with Gasteiger partial charge < -0.3 is 9.47 Å². The quantitative estimate of drug-likeness (QED) is 0.532. The molecule has 0 aliphatic heterocycles. The van der Waals surface area contributed by atoms with Crippen LogP contribution in [-0.4, -0.2) is 25.3 Å². The summed E-state index contributed by atoms with van der Waals surface area (Å²) in [5.41, 5.74) is 3.99. The van der Waals surface area contributed by atoms with Crippen LogP contribution in [0.2, 0.25) is 0 Å². The average Bonchev–Trinajstić information content (AvgIpc) is 2.69. The van der Waals surface area contributed by atoms with Crippen molar-refractivity contribution in [2.45, 2.75) is 6.92 Å². The Hall–Kier alpha value is -3.41. The Balaban J connectivity index is 1.70. The van der Waals surface area contributed by atoms with Crippen LogP contribution in [0.3, 0.4) is 0 Å². The van der Waals surface area contributed by atoms with Crippen molar-refractivity contribution in [1.82, 2.24) is 5.43 Å². The smallest absolute Gasteiger partial charge is 0.277 e. The number of ether oxygens (including phenoxy) is 2. The summed E-state index contributed by atoms with van der Waals surface area (Å²) in [5.74, 6) is 0.200. The van der Waals surface area contributed by atoms with E-state index in [1.165, 1.54) is 18.2 Å². The van der Waals surface area contributed by atoms with Crippen LogP contribution in [-0.2, 0) is 4.79 Å². The zero-order valence-electron chi connectivity index (χ0n) is 15.0. The Morgan fingerprint density at radius 2 is 1.85 bits per heavy atom. The van der Waals surface area contributed by atoms with Crippen LogP contribution < -0.4 is 14.9 Å². The lowest BCUT2D eigenvalue weighted by atomic mass is 10.0. The maximum Gasteiger partial charge on any atom is 0.277 e. The van der Waals surface area contributed by atoms with Crippen LogP contribution >= 0.6 is 0 Å². The second-order valence-electron chi connectivity index (χ2n) is 5.84. The van der Waals surface area contributed by atoms with Gasteiger partial charge in [0.15, 0.2) is 6.61 Å². The highest BCUT2D eigenvalue weighted by Gasteiger charge is 2.09. The predicted molar refractivity (Wildman–Crippen MR) is 103 cm³/mol. The number of carbonyl (C=O) groups excluding carboxylic acids is 1. The molecule has 0 heterocycles. The number of fused-ring (bicyclic) bond motifs is 1. The van der Waals surface area contributed by atoms with Gasteiger partial charge in [0.25, 0.3) is 5.91 Å². The first kappa shape index (κ1) is 18.4. The molecule has 0 unspecified atom stereocenters. The minimum Gasteiger partial charge on any atom is -0.496 e. The lowest BCUT2D eigenvalue weighted by Gasteiger charge is -2.10. The maximum absolute atomic E-state index is 13.1. The molecule has 3 aromatic rings. The van der Waals surface area contributed by atoms with Crippen molar-refractivity contribution in [3.63, 3.8) is 0 Å². The van der Waals surface area contributed by atoms with Gasteiger partial charge in [-0.1, -0.05) is 30.3 Å². The fourth-order valence-electron chi connectivity index (χ4n) is 2.71. The van der Waals surface area contributed by atoms with Gasteiger partial charge in [-0.2, -0.15) is 5.10 Å². The minimum atomic E-state index is -0.434. The largest absolute Gasteiger partial charge is 0.496 e. The number of benzene rings is 3. The fraction of sp³-hybridized carbons (Fsp3) is 0.143. The van der Waals surface area contributed by atoms with Gasteiger partial charge in [0.2, 0.25) is 0 Å². The molecule has 27 heavy (non-hydrogen) atoms. The van der Waals surface area contributed by atoms with Crippen LogP contribution in [0.25, 0.3) is 10.8 Å². The summed E-state index contributed by atoms with van der Waals surface area (Å²) in [7, 11) is 1.63. The van der Waals surface area contributed by atoms with E-state index in [1.54, 1.807) is 13.2 Å². The predicted octanol–water partition coefficient (Wildman–Crippen LogP) is 3.91. The van der Waals surface area contributed by atoms with Gasteiger partial charge in [-0.3, -0.25) is 4.79 Å². The first-order valence-electron chi connectivity index (χ1n) is 8.36. The topological polar surface area (TPSA) is 59.9 Å². The minimum absolute atomic E-state index is 0.260. The number of nitrogens with one attached hydrogen (secondary N) is 1. The Bertz CT molecular complexity index is 1000. The van der Waals surface area contributed by atoms with Crippen molar-refractivity contribution in [1.29, 1.82) is 0 Å². The summed E-state index contributed by atoms with van der Waals surface area (Å²) < 4.78 is 23.7. The van der Waals surface area contributed by atoms with Crippen LogP contribution in [0.1, 0.15) is 12.5 Å². The van der Waals surface area contributed by atoms with Gasteiger partial charge >= 0.3 is 0 Å². The van der Waals surface area contributed by atoms with Crippen LogP contribution in [0.4, 0.5) is 4.39 Å². The molecular weight excluding hydrogens is 347 g/mol. The number of nitrogens with zero attached hydrogens (tertiary/aromatic N) is 1. The monoisotopic (exact) mass is 366 g/mol. The second-order valence-corrected chi connectivity index (χ2v) is 5.84. The third-order valence-electron chi connectivity index (χ3n) is 4.01. The molecule has 0 radical (unpaired) electrons. The average molecular weight is 366 g/mol. The molecule has 138 valence electrons. The lowest BCUT2D eigenvalue weighted by Crippen LogP contribution is -2.25. The van der Waals surface area contributed by atoms with Gasteiger partial charge in [0.1, 0.15) is 17.3 Å². The van der Waals surface area contributed by atoms with Gasteiger partial charge in [-0.25, -0.2) is 9.82 Å². The molecule has 5 nitrogen and oxygen atoms in total. The molecule has 0 aliphatic carbocycles. The van der Waals surface area contributed by atoms with Crippen molar-refractivity contribution in [2.24, 2.45) is 5.10 Å². The highest BCUT2D eigenvalue weighted by atomic mass is 19.1. The summed E-state index contributed by atoms with van der Waals surface area (Å²) in [6.45, 7) is 1.55. The van der Waals surface area contributed by atoms with E-state index in [2.05, 4.69) is 10.5 Å². The van der Waals surface area contributed by atoms with E-state index in [4.69, 9.17) is 9.47 Å². The van der Waals surface area contributed by atoms with Crippen LogP contribution in [0.5, 0.6) is 11.5 Å². The number of hydrogen-bond donors (Lipinski definition) is 1. The summed E-state index contributed by atoms with van der Waals surface area (Å²) >= 11 is 0. The van der Waals surface area contributed by atoms with Crippen molar-refractivity contribution in [3.05, 3.63) is 72.0 Å². The van der Waals surface area contributed by atoms with Gasteiger partial charge in [-0.15, -0.1) is 0 Å². The highest BCUT2D eigenvalue weighted by molar-refractivity contribution is 6.11. The molecule has 0 saturated carbocycles. The molecule has 0 atom stereocenters. The van der Waals surface area contributed by atoms with E-state index in [9.17, 15) is 9.18 Å². The molecule has 6 heteroatoms. The molecule has 0 aromatic heterocycles. The highest BCUT2D eigenvalue weighted by Crippen LogP contribution is 2.28. The summed E-state index contributed by atoms with van der Waals surface area (Å²) in [6.07, 6.45) is 0. The van der Waals surface area contributed by atoms with Crippen molar-refractivity contribution in [2.75, 3.05) is 13.7 Å². The summed E-state index contributed by atoms with van der Waals surface area (Å²) in [4.78, 5) is 11.9. The number of rotatable bonds is 6. The van der Waals surface area contributed by atoms with Gasteiger partial charge in [0, 0.05) is 17.0 Å². The van der Waals surface area contributed by atoms with E-state index in [0.717, 1.165) is 22.1 Å². The van der Waals surface area contributed by atoms with Crippen LogP contribution in [0, 0.1) is 5.82 Å². The van der Waals surface area contributed by atoms with E-state index in [1.807, 2.05) is 43.3 Å². The molecule has 3 rings (SSSR count). The molecule has 0 saturated heterocycles. The molecular formula is C21H19FN2O3. The molecule has 0 spiro atoms. The molecule has 1 N–H and O–H groups in total. The molecule has 3 aromatic carbocycles. The zero-order valence-corrected chi connectivity index (χ0v) is 15.0. The summed E-state index contributed by atoms with van der Waals surface area (Å²) in [5, 5.41) is 6.09. The van der Waals surface area contributed by atoms with Crippen molar-refractivity contribution in [3.8, 4) is 11.5 Å². The van der Waals surface area contributed by atoms with E-state index < -0.39 is 11.7 Å². The van der Waals surface area contributed by atoms with Gasteiger partial charge in [0.05, 0.1) is 12.8 Å². The van der Waals surface area contributed by atoms with Crippen molar-refractivity contribution < 1.29 is 18.7 Å². The fourth-order valence-corrected chi connectivity index (χ4v) is 2.71. The normalized spacial score (nSPS) is 11.3. The molecule has 0 aliphatic rings. The SMILES string of the molecule is COc1ccc(/C(C)=N\NC(=O)COc2cccc(F)c2)c2ccccc12. The molecule has 0 bridgehead atoms. The molecule has 1 amide bonds. The second kappa shape index (κ2) is 8.31. The third-order valence-corrected chi connectivity index (χ3v) is 4.01. The Morgan fingerprint density at radius 1 is 1.07 bits per heavy atom. The van der Waals surface area contributed by atoms with E-state index in [0.29, 0.717) is 5.71 Å². The van der Waals surface area contributed by atoms with Crippen molar-refractivity contribution >= 4 is 22.4 Å². The Morgan fingerprint density at radius 3 is 2.59 bits per heavy atom. The number of methoxy groups -OCH3 is 1. The number of carbonyl (C=O) groups is 1. The molecule has 0 fully saturated rings.